The molecule has 1 aliphatic heterocycles. The predicted octanol–water partition coefficient (Wildman–Crippen LogP) is 1.88. The molecule has 0 N–H and O–H groups in total. The smallest absolute Gasteiger partial charge is 0.249 e. The molecule has 4 nitrogen and oxygen atoms in total. The SMILES string of the molecule is O=[N+]([O-])c1cccc2c1[C+]=NC=C2. The lowest BCUT2D eigenvalue weighted by Crippen LogP contribution is -1.98. The van der Waals surface area contributed by atoms with Crippen molar-refractivity contribution in [3.63, 3.8) is 0 Å². The second-order valence-corrected chi connectivity index (χ2v) is 2.56. The molecule has 1 aromatic rings. The van der Waals surface area contributed by atoms with Crippen molar-refractivity contribution in [2.75, 3.05) is 0 Å². The Labute approximate surface area is 74.4 Å². The molecule has 0 bridgehead atoms. The van der Waals surface area contributed by atoms with E-state index in [2.05, 4.69) is 11.2 Å². The van der Waals surface area contributed by atoms with Gasteiger partial charge in [-0.2, -0.15) is 0 Å². The molecule has 0 saturated heterocycles. The van der Waals surface area contributed by atoms with Crippen molar-refractivity contribution in [2.24, 2.45) is 4.99 Å². The number of nitro benzene ring substituents is 1. The van der Waals surface area contributed by atoms with Gasteiger partial charge in [-0.15, -0.1) is 4.99 Å². The summed E-state index contributed by atoms with van der Waals surface area (Å²) in [6.45, 7) is 0. The van der Waals surface area contributed by atoms with Gasteiger partial charge in [0.25, 0.3) is 5.56 Å². The van der Waals surface area contributed by atoms with E-state index in [4.69, 9.17) is 0 Å². The first-order valence-corrected chi connectivity index (χ1v) is 3.69. The van der Waals surface area contributed by atoms with Gasteiger partial charge >= 0.3 is 5.69 Å². The van der Waals surface area contributed by atoms with Crippen LogP contribution >= 0.6 is 0 Å². The number of hydrogen-bond acceptors (Lipinski definition) is 3. The number of nitrogens with zero attached hydrogens (tertiary/aromatic N) is 2. The second-order valence-electron chi connectivity index (χ2n) is 2.56. The van der Waals surface area contributed by atoms with E-state index in [0.717, 1.165) is 5.56 Å². The summed E-state index contributed by atoms with van der Waals surface area (Å²) in [4.78, 5) is 13.9. The average molecular weight is 173 g/mol. The molecular weight excluding hydrogens is 168 g/mol. The van der Waals surface area contributed by atoms with E-state index in [1.165, 1.54) is 6.07 Å². The van der Waals surface area contributed by atoms with E-state index in [1.807, 2.05) is 0 Å². The fraction of sp³-hybridized carbons (Fsp3) is 0. The van der Waals surface area contributed by atoms with Crippen molar-refractivity contribution in [1.29, 1.82) is 0 Å². The summed E-state index contributed by atoms with van der Waals surface area (Å²) < 4.78 is 0. The molecule has 0 fully saturated rings. The lowest BCUT2D eigenvalue weighted by Gasteiger charge is -1.94. The van der Waals surface area contributed by atoms with Gasteiger partial charge in [0.15, 0.2) is 0 Å². The maximum atomic E-state index is 10.6. The van der Waals surface area contributed by atoms with Crippen LogP contribution in [0.2, 0.25) is 0 Å². The summed E-state index contributed by atoms with van der Waals surface area (Å²) in [6, 6.07) is 4.88. The van der Waals surface area contributed by atoms with Crippen LogP contribution in [-0.4, -0.2) is 11.1 Å². The third kappa shape index (κ3) is 1.19. The summed E-state index contributed by atoms with van der Waals surface area (Å²) in [6.07, 6.45) is 5.89. The standard InChI is InChI=1S/C9H5N2O2/c12-11(13)9-3-1-2-7-4-5-10-6-8(7)9/h1-5H/q+1. The van der Waals surface area contributed by atoms with Gasteiger partial charge in [0.2, 0.25) is 0 Å². The Balaban J connectivity index is 2.67. The van der Waals surface area contributed by atoms with E-state index in [9.17, 15) is 10.1 Å². The Hall–Kier alpha value is -2.06. The summed E-state index contributed by atoms with van der Waals surface area (Å²) >= 11 is 0. The Bertz CT molecular complexity index is 422. The van der Waals surface area contributed by atoms with Crippen molar-refractivity contribution in [1.82, 2.24) is 0 Å². The van der Waals surface area contributed by atoms with Crippen molar-refractivity contribution in [3.05, 3.63) is 45.6 Å². The van der Waals surface area contributed by atoms with Gasteiger partial charge in [0, 0.05) is 0 Å². The number of rotatable bonds is 1. The minimum Gasteiger partial charge on any atom is -0.249 e. The van der Waals surface area contributed by atoms with Crippen molar-refractivity contribution < 1.29 is 4.92 Å². The number of benzene rings is 1. The van der Waals surface area contributed by atoms with Gasteiger partial charge in [0.05, 0.1) is 17.7 Å². The first-order valence-electron chi connectivity index (χ1n) is 3.69. The number of aliphatic imine (C=N–C) groups is 1. The molecule has 1 aromatic carbocycles. The fourth-order valence-corrected chi connectivity index (χ4v) is 1.19. The minimum atomic E-state index is -0.430. The van der Waals surface area contributed by atoms with Crippen molar-refractivity contribution in [3.8, 4) is 0 Å². The monoisotopic (exact) mass is 173 g/mol. The van der Waals surface area contributed by atoms with Crippen LogP contribution in [0.3, 0.4) is 0 Å². The molecule has 4 heteroatoms. The van der Waals surface area contributed by atoms with Gasteiger partial charge in [0.1, 0.15) is 17.3 Å². The maximum Gasteiger partial charge on any atom is 0.363 e. The first kappa shape index (κ1) is 7.58. The zero-order chi connectivity index (χ0) is 9.26. The highest BCUT2D eigenvalue weighted by atomic mass is 16.6. The number of nitro groups is 1. The first-order chi connectivity index (χ1) is 6.29. The Morgan fingerprint density at radius 1 is 1.46 bits per heavy atom. The number of hydrogen-bond donors (Lipinski definition) is 0. The summed E-state index contributed by atoms with van der Waals surface area (Å²) in [5.74, 6) is 0. The quantitative estimate of drug-likeness (QED) is 0.370. The normalized spacial score (nSPS) is 12.0. The van der Waals surface area contributed by atoms with E-state index < -0.39 is 4.92 Å². The van der Waals surface area contributed by atoms with E-state index in [1.54, 1.807) is 24.4 Å². The molecule has 0 aliphatic carbocycles. The van der Waals surface area contributed by atoms with Crippen LogP contribution in [-0.2, 0) is 0 Å². The van der Waals surface area contributed by atoms with Crippen LogP contribution in [0.1, 0.15) is 11.1 Å². The summed E-state index contributed by atoms with van der Waals surface area (Å²) in [5.41, 5.74) is 1.28. The molecule has 0 saturated carbocycles. The molecule has 1 aliphatic rings. The van der Waals surface area contributed by atoms with Gasteiger partial charge in [-0.3, -0.25) is 0 Å². The van der Waals surface area contributed by atoms with Crippen LogP contribution in [0.4, 0.5) is 5.69 Å². The highest BCUT2D eigenvalue weighted by Crippen LogP contribution is 2.23. The summed E-state index contributed by atoms with van der Waals surface area (Å²) in [5, 5.41) is 10.6. The van der Waals surface area contributed by atoms with Crippen molar-refractivity contribution in [2.45, 2.75) is 0 Å². The lowest BCUT2D eigenvalue weighted by molar-refractivity contribution is -0.385. The molecule has 62 valence electrons. The van der Waals surface area contributed by atoms with Crippen molar-refractivity contribution >= 4 is 18.0 Å². The third-order valence-corrected chi connectivity index (χ3v) is 1.78. The molecule has 0 aromatic heterocycles. The van der Waals surface area contributed by atoms with Gasteiger partial charge in [-0.1, -0.05) is 0 Å². The zero-order valence-corrected chi connectivity index (χ0v) is 6.60. The van der Waals surface area contributed by atoms with Crippen LogP contribution < -0.4 is 0 Å². The molecule has 0 radical (unpaired) electrons. The topological polar surface area (TPSA) is 55.5 Å². The van der Waals surface area contributed by atoms with E-state index >= 15 is 0 Å². The van der Waals surface area contributed by atoms with Crippen LogP contribution in [0.15, 0.2) is 29.4 Å². The van der Waals surface area contributed by atoms with E-state index in [-0.39, 0.29) is 5.69 Å². The van der Waals surface area contributed by atoms with E-state index in [0.29, 0.717) is 5.56 Å². The van der Waals surface area contributed by atoms with Crippen LogP contribution in [0.5, 0.6) is 0 Å². The molecular formula is C9H5N2O2+. The fourth-order valence-electron chi connectivity index (χ4n) is 1.19. The summed E-state index contributed by atoms with van der Waals surface area (Å²) in [7, 11) is 0. The Kier molecular flexibility index (Phi) is 1.61. The highest BCUT2D eigenvalue weighted by Gasteiger charge is 2.24. The molecule has 13 heavy (non-hydrogen) atoms. The Morgan fingerprint density at radius 2 is 2.31 bits per heavy atom. The van der Waals surface area contributed by atoms with Gasteiger partial charge in [-0.05, 0) is 12.1 Å². The second kappa shape index (κ2) is 2.77. The predicted molar refractivity (Wildman–Crippen MR) is 48.7 cm³/mol. The maximum absolute atomic E-state index is 10.6. The highest BCUT2D eigenvalue weighted by molar-refractivity contribution is 5.92. The molecule has 1 heterocycles. The van der Waals surface area contributed by atoms with Gasteiger partial charge < -0.3 is 0 Å². The molecule has 2 rings (SSSR count). The molecule has 0 unspecified atom stereocenters. The molecule has 0 atom stereocenters. The number of fused-ring (bicyclic) bond motifs is 1. The largest absolute Gasteiger partial charge is 0.363 e. The van der Waals surface area contributed by atoms with Crippen LogP contribution in [0.25, 0.3) is 6.08 Å². The minimum absolute atomic E-state index is 0.0469. The molecule has 0 amide bonds. The molecule has 0 spiro atoms. The zero-order valence-electron chi connectivity index (χ0n) is 6.60. The van der Waals surface area contributed by atoms with Gasteiger partial charge in [-0.25, -0.2) is 10.1 Å². The lowest BCUT2D eigenvalue weighted by atomic mass is 10.1. The average Bonchev–Trinajstić information content (AvgIpc) is 2.17. The third-order valence-electron chi connectivity index (χ3n) is 1.78. The Morgan fingerprint density at radius 3 is 3.08 bits per heavy atom. The van der Waals surface area contributed by atoms with Crippen LogP contribution in [0, 0.1) is 10.1 Å².